The zero-order chi connectivity index (χ0) is 8.60. The average molecular weight is 168 g/mol. The third-order valence-corrected chi connectivity index (χ3v) is 3.53. The van der Waals surface area contributed by atoms with Gasteiger partial charge in [-0.1, -0.05) is 13.8 Å². The number of rotatable bonds is 2. The Morgan fingerprint density at radius 3 is 2.08 bits per heavy atom. The van der Waals surface area contributed by atoms with Crippen LogP contribution in [0.4, 0.5) is 0 Å². The van der Waals surface area contributed by atoms with E-state index in [4.69, 9.17) is 0 Å². The molecule has 12 heavy (non-hydrogen) atoms. The van der Waals surface area contributed by atoms with Gasteiger partial charge in [0.1, 0.15) is 0 Å². The molecule has 2 heteroatoms. The van der Waals surface area contributed by atoms with Crippen LogP contribution in [0.25, 0.3) is 0 Å². The summed E-state index contributed by atoms with van der Waals surface area (Å²) in [5, 5.41) is 0. The van der Waals surface area contributed by atoms with E-state index in [1.807, 2.05) is 0 Å². The van der Waals surface area contributed by atoms with Crippen LogP contribution in [0.5, 0.6) is 0 Å². The van der Waals surface area contributed by atoms with Crippen LogP contribution in [0.15, 0.2) is 0 Å². The molecule has 0 unspecified atom stereocenters. The van der Waals surface area contributed by atoms with Crippen molar-refractivity contribution in [3.05, 3.63) is 0 Å². The molecule has 2 fully saturated rings. The van der Waals surface area contributed by atoms with Crippen LogP contribution in [0.2, 0.25) is 0 Å². The van der Waals surface area contributed by atoms with Gasteiger partial charge in [0.15, 0.2) is 0 Å². The van der Waals surface area contributed by atoms with Crippen molar-refractivity contribution in [3.8, 4) is 0 Å². The van der Waals surface area contributed by atoms with Gasteiger partial charge in [-0.05, 0) is 26.1 Å². The summed E-state index contributed by atoms with van der Waals surface area (Å²) in [5.74, 6) is 0. The smallest absolute Gasteiger partial charge is 0.00969 e. The molecule has 0 amide bonds. The molecule has 2 heterocycles. The SMILES string of the molecule is CCN1CCC2(C1)CN(CC)C2. The van der Waals surface area contributed by atoms with Gasteiger partial charge in [-0.25, -0.2) is 0 Å². The van der Waals surface area contributed by atoms with Crippen molar-refractivity contribution in [2.24, 2.45) is 5.41 Å². The molecule has 0 aromatic carbocycles. The predicted octanol–water partition coefficient (Wildman–Crippen LogP) is 1.03. The summed E-state index contributed by atoms with van der Waals surface area (Å²) >= 11 is 0. The van der Waals surface area contributed by atoms with Gasteiger partial charge >= 0.3 is 0 Å². The maximum absolute atomic E-state index is 2.59. The maximum Gasteiger partial charge on any atom is 0.00969 e. The van der Waals surface area contributed by atoms with Crippen molar-refractivity contribution in [1.29, 1.82) is 0 Å². The predicted molar refractivity (Wildman–Crippen MR) is 51.3 cm³/mol. The molecule has 0 N–H and O–H groups in total. The molecule has 0 atom stereocenters. The van der Waals surface area contributed by atoms with Crippen LogP contribution in [-0.4, -0.2) is 49.1 Å². The van der Waals surface area contributed by atoms with Crippen LogP contribution >= 0.6 is 0 Å². The molecule has 70 valence electrons. The van der Waals surface area contributed by atoms with E-state index in [1.165, 1.54) is 45.7 Å². The Hall–Kier alpha value is -0.0800. The molecule has 0 saturated carbocycles. The van der Waals surface area contributed by atoms with Crippen LogP contribution in [-0.2, 0) is 0 Å². The van der Waals surface area contributed by atoms with Gasteiger partial charge in [0.2, 0.25) is 0 Å². The molecule has 2 nitrogen and oxygen atoms in total. The van der Waals surface area contributed by atoms with E-state index in [1.54, 1.807) is 0 Å². The Labute approximate surface area is 75.5 Å². The van der Waals surface area contributed by atoms with Gasteiger partial charge in [0.25, 0.3) is 0 Å². The highest BCUT2D eigenvalue weighted by Gasteiger charge is 2.46. The molecule has 2 saturated heterocycles. The summed E-state index contributed by atoms with van der Waals surface area (Å²) in [6.07, 6.45) is 1.44. The van der Waals surface area contributed by atoms with E-state index in [2.05, 4.69) is 23.6 Å². The van der Waals surface area contributed by atoms with Gasteiger partial charge in [-0.15, -0.1) is 0 Å². The first-order chi connectivity index (χ1) is 5.78. The first-order valence-corrected chi connectivity index (χ1v) is 5.23. The number of hydrogen-bond donors (Lipinski definition) is 0. The lowest BCUT2D eigenvalue weighted by molar-refractivity contribution is 0.0134. The molecule has 0 radical (unpaired) electrons. The summed E-state index contributed by atoms with van der Waals surface area (Å²) in [4.78, 5) is 5.14. The van der Waals surface area contributed by atoms with E-state index in [0.717, 1.165) is 0 Å². The van der Waals surface area contributed by atoms with Crippen molar-refractivity contribution in [1.82, 2.24) is 9.80 Å². The maximum atomic E-state index is 2.59. The first-order valence-electron chi connectivity index (χ1n) is 5.23. The van der Waals surface area contributed by atoms with Crippen molar-refractivity contribution < 1.29 is 0 Å². The highest BCUT2D eigenvalue weighted by molar-refractivity contribution is 5.00. The fourth-order valence-electron chi connectivity index (χ4n) is 2.68. The van der Waals surface area contributed by atoms with E-state index in [9.17, 15) is 0 Å². The van der Waals surface area contributed by atoms with Crippen molar-refractivity contribution in [3.63, 3.8) is 0 Å². The second kappa shape index (κ2) is 3.00. The quantitative estimate of drug-likeness (QED) is 0.608. The van der Waals surface area contributed by atoms with E-state index in [-0.39, 0.29) is 0 Å². The van der Waals surface area contributed by atoms with Crippen molar-refractivity contribution in [2.75, 3.05) is 39.3 Å². The summed E-state index contributed by atoms with van der Waals surface area (Å²) < 4.78 is 0. The van der Waals surface area contributed by atoms with E-state index < -0.39 is 0 Å². The first kappa shape index (κ1) is 8.52. The lowest BCUT2D eigenvalue weighted by Gasteiger charge is -2.47. The largest absolute Gasteiger partial charge is 0.303 e. The molecule has 2 aliphatic rings. The van der Waals surface area contributed by atoms with Crippen LogP contribution < -0.4 is 0 Å². The zero-order valence-electron chi connectivity index (χ0n) is 8.34. The van der Waals surface area contributed by atoms with E-state index >= 15 is 0 Å². The third kappa shape index (κ3) is 1.27. The molecule has 0 aliphatic carbocycles. The lowest BCUT2D eigenvalue weighted by atomic mass is 9.79. The fraction of sp³-hybridized carbons (Fsp3) is 1.00. The van der Waals surface area contributed by atoms with Gasteiger partial charge in [-0.2, -0.15) is 0 Å². The summed E-state index contributed by atoms with van der Waals surface area (Å²) in [6.45, 7) is 12.4. The zero-order valence-corrected chi connectivity index (χ0v) is 8.34. The normalized spacial score (nSPS) is 29.5. The molecule has 0 bridgehead atoms. The Morgan fingerprint density at radius 2 is 1.58 bits per heavy atom. The minimum atomic E-state index is 0.714. The topological polar surface area (TPSA) is 6.48 Å². The third-order valence-electron chi connectivity index (χ3n) is 3.53. The van der Waals surface area contributed by atoms with Crippen molar-refractivity contribution in [2.45, 2.75) is 20.3 Å². The van der Waals surface area contributed by atoms with E-state index in [0.29, 0.717) is 5.41 Å². The minimum absolute atomic E-state index is 0.714. The van der Waals surface area contributed by atoms with Gasteiger partial charge in [0, 0.05) is 25.0 Å². The number of nitrogens with zero attached hydrogens (tertiary/aromatic N) is 2. The number of hydrogen-bond acceptors (Lipinski definition) is 2. The molecule has 0 aromatic rings. The van der Waals surface area contributed by atoms with Gasteiger partial charge in [-0.3, -0.25) is 0 Å². The van der Waals surface area contributed by atoms with Crippen LogP contribution in [0.3, 0.4) is 0 Å². The molecular weight excluding hydrogens is 148 g/mol. The molecule has 1 spiro atoms. The summed E-state index contributed by atoms with van der Waals surface area (Å²) in [5.41, 5.74) is 0.714. The summed E-state index contributed by atoms with van der Waals surface area (Å²) in [6, 6.07) is 0. The fourth-order valence-corrected chi connectivity index (χ4v) is 2.68. The molecule has 0 aromatic heterocycles. The second-order valence-corrected chi connectivity index (χ2v) is 4.42. The molecular formula is C10H20N2. The van der Waals surface area contributed by atoms with Crippen LogP contribution in [0.1, 0.15) is 20.3 Å². The standard InChI is InChI=1S/C10H20N2/c1-3-11-6-5-10(7-11)8-12(4-2)9-10/h3-9H2,1-2H3. The highest BCUT2D eigenvalue weighted by Crippen LogP contribution is 2.38. The Morgan fingerprint density at radius 1 is 1.00 bits per heavy atom. The van der Waals surface area contributed by atoms with Crippen molar-refractivity contribution >= 4 is 0 Å². The Balaban J connectivity index is 1.84. The summed E-state index contributed by atoms with van der Waals surface area (Å²) in [7, 11) is 0. The van der Waals surface area contributed by atoms with Crippen LogP contribution in [0, 0.1) is 5.41 Å². The van der Waals surface area contributed by atoms with Gasteiger partial charge in [0.05, 0.1) is 0 Å². The lowest BCUT2D eigenvalue weighted by Crippen LogP contribution is -2.57. The monoisotopic (exact) mass is 168 g/mol. The Kier molecular flexibility index (Phi) is 2.13. The Bertz CT molecular complexity index is 161. The molecule has 2 aliphatic heterocycles. The highest BCUT2D eigenvalue weighted by atomic mass is 15.3. The van der Waals surface area contributed by atoms with Gasteiger partial charge < -0.3 is 9.80 Å². The second-order valence-electron chi connectivity index (χ2n) is 4.42. The number of likely N-dealkylation sites (tertiary alicyclic amines) is 2. The molecule has 2 rings (SSSR count). The average Bonchev–Trinajstić information content (AvgIpc) is 2.45. The minimum Gasteiger partial charge on any atom is -0.303 e.